The van der Waals surface area contributed by atoms with Gasteiger partial charge in [-0.15, -0.1) is 12.6 Å². The van der Waals surface area contributed by atoms with Gasteiger partial charge in [0.25, 0.3) is 0 Å². The molecule has 1 heterocycles. The Hall–Kier alpha value is -0.580. The monoisotopic (exact) mass is 262 g/mol. The number of hydrogen-bond acceptors (Lipinski definition) is 3. The Balaban J connectivity index is 2.33. The van der Waals surface area contributed by atoms with Crippen LogP contribution in [0.5, 0.6) is 0 Å². The lowest BCUT2D eigenvalue weighted by atomic mass is 10.3. The van der Waals surface area contributed by atoms with Gasteiger partial charge in [-0.1, -0.05) is 23.2 Å². The number of halogens is 2. The predicted octanol–water partition coefficient (Wildman–Crippen LogP) is 2.14. The topological polar surface area (TPSA) is 32.3 Å². The number of thiol groups is 1. The second-order valence-electron chi connectivity index (χ2n) is 3.20. The summed E-state index contributed by atoms with van der Waals surface area (Å²) in [4.78, 5) is 12.9. The zero-order chi connectivity index (χ0) is 11.0. The zero-order valence-electron chi connectivity index (χ0n) is 7.58. The molecule has 0 radical (unpaired) electrons. The third kappa shape index (κ3) is 2.33. The van der Waals surface area contributed by atoms with Crippen molar-refractivity contribution < 1.29 is 4.79 Å². The number of amides is 1. The number of carbonyl (C=O) groups is 1. The number of hydrogen-bond donors (Lipinski definition) is 2. The Morgan fingerprint density at radius 3 is 2.40 bits per heavy atom. The molecule has 1 aliphatic rings. The summed E-state index contributed by atoms with van der Waals surface area (Å²) in [5, 5.41) is 3.75. The van der Waals surface area contributed by atoms with Crippen LogP contribution in [0.4, 0.5) is 5.69 Å². The van der Waals surface area contributed by atoms with Gasteiger partial charge in [0.2, 0.25) is 5.91 Å². The normalized spacial score (nSPS) is 20.6. The summed E-state index contributed by atoms with van der Waals surface area (Å²) in [6.45, 7) is 0.269. The van der Waals surface area contributed by atoms with Crippen LogP contribution in [0, 0.1) is 0 Å². The van der Waals surface area contributed by atoms with Crippen LogP contribution >= 0.6 is 35.8 Å². The lowest BCUT2D eigenvalue weighted by molar-refractivity contribution is -0.118. The van der Waals surface area contributed by atoms with Gasteiger partial charge in [-0.05, 0) is 18.2 Å². The molecular formula is C9H8Cl2N2OS. The minimum absolute atomic E-state index is 0.0638. The number of nitrogens with zero attached hydrogens (tertiary/aromatic N) is 1. The van der Waals surface area contributed by atoms with Crippen molar-refractivity contribution in [3.8, 4) is 0 Å². The Labute approximate surface area is 103 Å². The second-order valence-corrected chi connectivity index (χ2v) is 4.56. The maximum Gasteiger partial charge on any atom is 0.241 e. The molecule has 0 bridgehead atoms. The molecule has 0 aromatic heterocycles. The third-order valence-electron chi connectivity index (χ3n) is 2.08. The van der Waals surface area contributed by atoms with Crippen molar-refractivity contribution in [3.05, 3.63) is 28.2 Å². The summed E-state index contributed by atoms with van der Waals surface area (Å²) in [6.07, 6.45) is 0. The molecule has 15 heavy (non-hydrogen) atoms. The molecule has 1 N–H and O–H groups in total. The van der Waals surface area contributed by atoms with Crippen molar-refractivity contribution in [1.29, 1.82) is 0 Å². The number of benzene rings is 1. The van der Waals surface area contributed by atoms with E-state index in [0.717, 1.165) is 5.69 Å². The molecule has 1 aliphatic heterocycles. The number of nitrogens with one attached hydrogen (secondary N) is 1. The first-order valence-electron chi connectivity index (χ1n) is 4.26. The molecule has 0 aliphatic carbocycles. The third-order valence-corrected chi connectivity index (χ3v) is 2.92. The van der Waals surface area contributed by atoms with Crippen LogP contribution in [-0.4, -0.2) is 17.9 Å². The van der Waals surface area contributed by atoms with E-state index in [4.69, 9.17) is 23.2 Å². The van der Waals surface area contributed by atoms with E-state index >= 15 is 0 Å². The van der Waals surface area contributed by atoms with Gasteiger partial charge in [0, 0.05) is 15.7 Å². The van der Waals surface area contributed by atoms with Crippen molar-refractivity contribution in [3.63, 3.8) is 0 Å². The molecule has 6 heteroatoms. The minimum Gasteiger partial charge on any atom is -0.333 e. The highest BCUT2D eigenvalue weighted by Crippen LogP contribution is 2.28. The standard InChI is InChI=1S/C9H8Cl2N2OS/c10-5-1-6(11)3-7(2-5)13-4-8(14)12-9(13)15/h1-3,9,15H,4H2,(H,12,14). The van der Waals surface area contributed by atoms with Crippen LogP contribution in [0.1, 0.15) is 0 Å². The molecule has 1 unspecified atom stereocenters. The largest absolute Gasteiger partial charge is 0.333 e. The molecule has 0 spiro atoms. The highest BCUT2D eigenvalue weighted by atomic mass is 35.5. The fourth-order valence-electron chi connectivity index (χ4n) is 1.45. The van der Waals surface area contributed by atoms with Gasteiger partial charge in [0.05, 0.1) is 6.54 Å². The summed E-state index contributed by atoms with van der Waals surface area (Å²) in [7, 11) is 0. The van der Waals surface area contributed by atoms with Gasteiger partial charge in [-0.2, -0.15) is 0 Å². The minimum atomic E-state index is -0.327. The maximum absolute atomic E-state index is 11.1. The molecule has 80 valence electrons. The van der Waals surface area contributed by atoms with Crippen molar-refractivity contribution in [2.75, 3.05) is 11.4 Å². The van der Waals surface area contributed by atoms with Crippen LogP contribution in [0.2, 0.25) is 10.0 Å². The van der Waals surface area contributed by atoms with E-state index in [1.54, 1.807) is 23.1 Å². The molecule has 3 nitrogen and oxygen atoms in total. The molecule has 1 atom stereocenters. The molecule has 1 aromatic carbocycles. The first kappa shape index (κ1) is 10.9. The van der Waals surface area contributed by atoms with Crippen molar-refractivity contribution >= 4 is 47.4 Å². The van der Waals surface area contributed by atoms with E-state index in [1.807, 2.05) is 0 Å². The first-order valence-corrected chi connectivity index (χ1v) is 5.53. The van der Waals surface area contributed by atoms with E-state index in [1.165, 1.54) is 0 Å². The van der Waals surface area contributed by atoms with Gasteiger partial charge in [-0.25, -0.2) is 0 Å². The average Bonchev–Trinajstić information content (AvgIpc) is 2.43. The first-order chi connectivity index (χ1) is 7.06. The fraction of sp³-hybridized carbons (Fsp3) is 0.222. The van der Waals surface area contributed by atoms with Crippen molar-refractivity contribution in [2.24, 2.45) is 0 Å². The summed E-state index contributed by atoms with van der Waals surface area (Å²) in [6, 6.07) is 5.14. The summed E-state index contributed by atoms with van der Waals surface area (Å²) in [5.74, 6) is -0.0638. The average molecular weight is 263 g/mol. The quantitative estimate of drug-likeness (QED) is 0.761. The lowest BCUT2D eigenvalue weighted by Gasteiger charge is -2.21. The second kappa shape index (κ2) is 4.12. The Morgan fingerprint density at radius 2 is 1.93 bits per heavy atom. The fourth-order valence-corrected chi connectivity index (χ4v) is 2.32. The highest BCUT2D eigenvalue weighted by molar-refractivity contribution is 7.81. The van der Waals surface area contributed by atoms with E-state index in [0.29, 0.717) is 10.0 Å². The highest BCUT2D eigenvalue weighted by Gasteiger charge is 2.27. The Morgan fingerprint density at radius 1 is 1.33 bits per heavy atom. The number of anilines is 1. The molecule has 0 saturated carbocycles. The van der Waals surface area contributed by atoms with Gasteiger partial charge in [-0.3, -0.25) is 4.79 Å². The molecule has 1 aromatic rings. The van der Waals surface area contributed by atoms with Crippen LogP contribution in [-0.2, 0) is 4.79 Å². The zero-order valence-corrected chi connectivity index (χ0v) is 9.98. The molecule has 1 amide bonds. The van der Waals surface area contributed by atoms with Crippen LogP contribution < -0.4 is 10.2 Å². The van der Waals surface area contributed by atoms with Crippen molar-refractivity contribution in [2.45, 2.75) is 5.50 Å². The number of rotatable bonds is 1. The molecule has 1 saturated heterocycles. The van der Waals surface area contributed by atoms with Crippen LogP contribution in [0.3, 0.4) is 0 Å². The van der Waals surface area contributed by atoms with E-state index in [-0.39, 0.29) is 17.9 Å². The van der Waals surface area contributed by atoms with Gasteiger partial charge in [0.15, 0.2) is 0 Å². The number of carbonyl (C=O) groups excluding carboxylic acids is 1. The lowest BCUT2D eigenvalue weighted by Crippen LogP contribution is -2.30. The van der Waals surface area contributed by atoms with Gasteiger partial charge >= 0.3 is 0 Å². The van der Waals surface area contributed by atoms with E-state index in [9.17, 15) is 4.79 Å². The summed E-state index contributed by atoms with van der Waals surface area (Å²) in [5.41, 5.74) is 0.456. The SMILES string of the molecule is O=C1CN(c2cc(Cl)cc(Cl)c2)C(S)N1. The molecule has 2 rings (SSSR count). The molecular weight excluding hydrogens is 255 g/mol. The Bertz CT molecular complexity index is 393. The van der Waals surface area contributed by atoms with E-state index in [2.05, 4.69) is 17.9 Å². The molecule has 1 fully saturated rings. The summed E-state index contributed by atoms with van der Waals surface area (Å²) >= 11 is 16.0. The van der Waals surface area contributed by atoms with Crippen LogP contribution in [0.15, 0.2) is 18.2 Å². The van der Waals surface area contributed by atoms with Crippen molar-refractivity contribution in [1.82, 2.24) is 5.32 Å². The van der Waals surface area contributed by atoms with E-state index < -0.39 is 0 Å². The van der Waals surface area contributed by atoms with Gasteiger partial charge < -0.3 is 10.2 Å². The van der Waals surface area contributed by atoms with Gasteiger partial charge in [0.1, 0.15) is 5.50 Å². The smallest absolute Gasteiger partial charge is 0.241 e. The van der Waals surface area contributed by atoms with Crippen LogP contribution in [0.25, 0.3) is 0 Å². The maximum atomic E-state index is 11.1. The predicted molar refractivity (Wildman–Crippen MR) is 64.7 cm³/mol. The Kier molecular flexibility index (Phi) is 3.00. The summed E-state index contributed by atoms with van der Waals surface area (Å²) < 4.78 is 0.